The highest BCUT2D eigenvalue weighted by molar-refractivity contribution is 5.92. The maximum Gasteiger partial charge on any atom is 0.343 e. The van der Waals surface area contributed by atoms with Gasteiger partial charge in [0.05, 0.1) is 11.1 Å². The molecule has 0 atom stereocenters. The smallest absolute Gasteiger partial charge is 0.343 e. The number of hydrogen-bond donors (Lipinski definition) is 2. The standard InChI is InChI=1S/C21H20N2O4/c1-3-18(11-4-14(2)22)26-20(24)16-7-12-19(13-8-16)27-21(25)15-5-9-17(23)10-6-15/h3-13H,2,22-23H2,1H3/b11-4-,18-3+. The number of nitrogen functional groups attached to an aromatic ring is 1. The third kappa shape index (κ3) is 5.89. The predicted molar refractivity (Wildman–Crippen MR) is 104 cm³/mol. The van der Waals surface area contributed by atoms with Crippen molar-refractivity contribution in [3.8, 4) is 5.75 Å². The van der Waals surface area contributed by atoms with Gasteiger partial charge in [-0.2, -0.15) is 0 Å². The second kappa shape index (κ2) is 9.05. The molecule has 2 aromatic rings. The first kappa shape index (κ1) is 19.5. The topological polar surface area (TPSA) is 105 Å². The van der Waals surface area contributed by atoms with Gasteiger partial charge in [-0.15, -0.1) is 0 Å². The molecule has 0 spiro atoms. The van der Waals surface area contributed by atoms with E-state index in [2.05, 4.69) is 6.58 Å². The van der Waals surface area contributed by atoms with E-state index < -0.39 is 11.9 Å². The summed E-state index contributed by atoms with van der Waals surface area (Å²) in [5.41, 5.74) is 12.6. The molecule has 0 aliphatic rings. The van der Waals surface area contributed by atoms with Crippen LogP contribution in [0.3, 0.4) is 0 Å². The van der Waals surface area contributed by atoms with E-state index in [-0.39, 0.29) is 0 Å². The van der Waals surface area contributed by atoms with Crippen molar-refractivity contribution in [2.45, 2.75) is 6.92 Å². The van der Waals surface area contributed by atoms with Crippen molar-refractivity contribution >= 4 is 17.6 Å². The summed E-state index contributed by atoms with van der Waals surface area (Å²) in [5, 5.41) is 0. The van der Waals surface area contributed by atoms with E-state index in [0.29, 0.717) is 34.0 Å². The van der Waals surface area contributed by atoms with Gasteiger partial charge in [-0.1, -0.05) is 6.58 Å². The maximum absolute atomic E-state index is 12.2. The minimum Gasteiger partial charge on any atom is -0.423 e. The van der Waals surface area contributed by atoms with Gasteiger partial charge in [-0.3, -0.25) is 0 Å². The highest BCUT2D eigenvalue weighted by atomic mass is 16.5. The van der Waals surface area contributed by atoms with Crippen molar-refractivity contribution in [2.75, 3.05) is 5.73 Å². The Bertz CT molecular complexity index is 895. The molecule has 0 aliphatic carbocycles. The van der Waals surface area contributed by atoms with Crippen LogP contribution in [0.25, 0.3) is 0 Å². The minimum atomic E-state index is -0.549. The molecule has 0 radical (unpaired) electrons. The van der Waals surface area contributed by atoms with E-state index in [4.69, 9.17) is 20.9 Å². The summed E-state index contributed by atoms with van der Waals surface area (Å²) in [6, 6.07) is 12.4. The molecule has 138 valence electrons. The molecule has 0 aliphatic heterocycles. The van der Waals surface area contributed by atoms with Crippen molar-refractivity contribution < 1.29 is 19.1 Å². The Morgan fingerprint density at radius 2 is 1.48 bits per heavy atom. The number of hydrogen-bond acceptors (Lipinski definition) is 6. The summed E-state index contributed by atoms with van der Waals surface area (Å²) in [7, 11) is 0. The van der Waals surface area contributed by atoms with Gasteiger partial charge < -0.3 is 20.9 Å². The average molecular weight is 364 g/mol. The number of anilines is 1. The van der Waals surface area contributed by atoms with Crippen LogP contribution in [-0.4, -0.2) is 11.9 Å². The van der Waals surface area contributed by atoms with Crippen LogP contribution in [0.4, 0.5) is 5.69 Å². The Labute approximate surface area is 157 Å². The molecule has 0 unspecified atom stereocenters. The van der Waals surface area contributed by atoms with Crippen LogP contribution in [0, 0.1) is 0 Å². The number of benzene rings is 2. The fourth-order valence-corrected chi connectivity index (χ4v) is 1.99. The quantitative estimate of drug-likeness (QED) is 0.267. The molecule has 0 fully saturated rings. The molecule has 0 amide bonds. The number of esters is 2. The summed E-state index contributed by atoms with van der Waals surface area (Å²) >= 11 is 0. The normalized spacial score (nSPS) is 11.2. The zero-order valence-electron chi connectivity index (χ0n) is 14.8. The second-order valence-electron chi connectivity index (χ2n) is 5.52. The average Bonchev–Trinajstić information content (AvgIpc) is 2.65. The molecule has 0 aromatic heterocycles. The van der Waals surface area contributed by atoms with E-state index in [9.17, 15) is 9.59 Å². The molecule has 2 rings (SSSR count). The first-order chi connectivity index (χ1) is 12.9. The van der Waals surface area contributed by atoms with Gasteiger partial charge in [-0.05, 0) is 73.7 Å². The third-order valence-electron chi connectivity index (χ3n) is 3.40. The Hall–Kier alpha value is -3.80. The SMILES string of the molecule is C=C(N)/C=C\C(=C/C)OC(=O)c1ccc(OC(=O)c2ccc(N)cc2)cc1. The van der Waals surface area contributed by atoms with Crippen LogP contribution in [0.1, 0.15) is 27.6 Å². The molecule has 27 heavy (non-hydrogen) atoms. The summed E-state index contributed by atoms with van der Waals surface area (Å²) in [4.78, 5) is 24.2. The van der Waals surface area contributed by atoms with E-state index in [1.165, 1.54) is 30.3 Å². The van der Waals surface area contributed by atoms with Crippen molar-refractivity contribution in [2.24, 2.45) is 5.73 Å². The fourth-order valence-electron chi connectivity index (χ4n) is 1.99. The van der Waals surface area contributed by atoms with E-state index in [1.807, 2.05) is 0 Å². The summed E-state index contributed by atoms with van der Waals surface area (Å²) in [6.07, 6.45) is 4.70. The lowest BCUT2D eigenvalue weighted by Crippen LogP contribution is -2.09. The molecule has 4 N–H and O–H groups in total. The highest BCUT2D eigenvalue weighted by Crippen LogP contribution is 2.17. The van der Waals surface area contributed by atoms with Crippen LogP contribution in [0.5, 0.6) is 5.75 Å². The molecular formula is C21H20N2O4. The van der Waals surface area contributed by atoms with Crippen LogP contribution in [0.15, 0.2) is 84.8 Å². The minimum absolute atomic E-state index is 0.305. The lowest BCUT2D eigenvalue weighted by atomic mass is 10.2. The lowest BCUT2D eigenvalue weighted by molar-refractivity contribution is 0.0636. The van der Waals surface area contributed by atoms with Crippen molar-refractivity contribution in [1.29, 1.82) is 0 Å². The van der Waals surface area contributed by atoms with Crippen LogP contribution < -0.4 is 16.2 Å². The molecule has 0 saturated carbocycles. The number of allylic oxidation sites excluding steroid dienone is 3. The van der Waals surface area contributed by atoms with Crippen molar-refractivity contribution in [3.05, 3.63) is 95.9 Å². The second-order valence-corrected chi connectivity index (χ2v) is 5.52. The zero-order chi connectivity index (χ0) is 19.8. The fraction of sp³-hybridized carbons (Fsp3) is 0.0476. The molecule has 0 saturated heterocycles. The van der Waals surface area contributed by atoms with Gasteiger partial charge in [0, 0.05) is 11.4 Å². The first-order valence-corrected chi connectivity index (χ1v) is 8.08. The Kier molecular flexibility index (Phi) is 6.55. The van der Waals surface area contributed by atoms with E-state index in [0.717, 1.165) is 0 Å². The summed E-state index contributed by atoms with van der Waals surface area (Å²) in [5.74, 6) is -0.426. The zero-order valence-corrected chi connectivity index (χ0v) is 14.8. The summed E-state index contributed by atoms with van der Waals surface area (Å²) in [6.45, 7) is 5.26. The molecule has 0 bridgehead atoms. The lowest BCUT2D eigenvalue weighted by Gasteiger charge is -2.07. The van der Waals surface area contributed by atoms with Gasteiger partial charge in [-0.25, -0.2) is 9.59 Å². The van der Waals surface area contributed by atoms with E-state index >= 15 is 0 Å². The maximum atomic E-state index is 12.2. The van der Waals surface area contributed by atoms with Gasteiger partial charge in [0.1, 0.15) is 11.5 Å². The molecular weight excluding hydrogens is 344 g/mol. The number of nitrogens with two attached hydrogens (primary N) is 2. The van der Waals surface area contributed by atoms with Gasteiger partial charge >= 0.3 is 11.9 Å². The van der Waals surface area contributed by atoms with Crippen LogP contribution >= 0.6 is 0 Å². The van der Waals surface area contributed by atoms with Gasteiger partial charge in [0.2, 0.25) is 0 Å². The Morgan fingerprint density at radius 1 is 0.926 bits per heavy atom. The number of carbonyl (C=O) groups excluding carboxylic acids is 2. The third-order valence-corrected chi connectivity index (χ3v) is 3.40. The molecule has 6 nitrogen and oxygen atoms in total. The monoisotopic (exact) mass is 364 g/mol. The Morgan fingerprint density at radius 3 is 2.04 bits per heavy atom. The van der Waals surface area contributed by atoms with Gasteiger partial charge in [0.25, 0.3) is 0 Å². The number of ether oxygens (including phenoxy) is 2. The van der Waals surface area contributed by atoms with Crippen LogP contribution in [-0.2, 0) is 4.74 Å². The Balaban J connectivity index is 2.01. The summed E-state index contributed by atoms with van der Waals surface area (Å²) < 4.78 is 10.5. The number of rotatable bonds is 6. The number of carbonyl (C=O) groups is 2. The molecule has 0 heterocycles. The van der Waals surface area contributed by atoms with Crippen LogP contribution in [0.2, 0.25) is 0 Å². The van der Waals surface area contributed by atoms with Crippen molar-refractivity contribution in [3.63, 3.8) is 0 Å². The van der Waals surface area contributed by atoms with Gasteiger partial charge in [0.15, 0.2) is 0 Å². The highest BCUT2D eigenvalue weighted by Gasteiger charge is 2.11. The van der Waals surface area contributed by atoms with E-state index in [1.54, 1.807) is 43.3 Å². The molecule has 6 heteroatoms. The van der Waals surface area contributed by atoms with Crippen molar-refractivity contribution in [1.82, 2.24) is 0 Å². The molecule has 2 aromatic carbocycles. The largest absolute Gasteiger partial charge is 0.423 e. The predicted octanol–water partition coefficient (Wildman–Crippen LogP) is 3.58. The first-order valence-electron chi connectivity index (χ1n) is 8.08.